The first-order valence-corrected chi connectivity index (χ1v) is 15.7. The second-order valence-corrected chi connectivity index (χ2v) is 13.1. The Labute approximate surface area is 259 Å². The summed E-state index contributed by atoms with van der Waals surface area (Å²) < 4.78 is 40.7. The Morgan fingerprint density at radius 2 is 1.75 bits per heavy atom. The Kier molecular flexibility index (Phi) is 10.2. The van der Waals surface area contributed by atoms with Crippen LogP contribution in [0.4, 0.5) is 10.5 Å². The van der Waals surface area contributed by atoms with Crippen LogP contribution in [0, 0.1) is 5.92 Å². The summed E-state index contributed by atoms with van der Waals surface area (Å²) >= 11 is 0. The molecule has 3 aromatic rings. The van der Waals surface area contributed by atoms with Crippen molar-refractivity contribution in [2.24, 2.45) is 5.92 Å². The summed E-state index contributed by atoms with van der Waals surface area (Å²) in [4.78, 5) is 28.6. The van der Waals surface area contributed by atoms with E-state index in [2.05, 4.69) is 5.32 Å². The lowest BCUT2D eigenvalue weighted by Gasteiger charge is -2.37. The fourth-order valence-electron chi connectivity index (χ4n) is 4.96. The number of carbonyl (C=O) groups is 2. The zero-order valence-corrected chi connectivity index (χ0v) is 26.7. The largest absolute Gasteiger partial charge is 0.497 e. The second kappa shape index (κ2) is 13.7. The molecule has 4 rings (SSSR count). The van der Waals surface area contributed by atoms with Crippen LogP contribution in [0.2, 0.25) is 0 Å². The minimum absolute atomic E-state index is 0.0377. The number of aliphatic hydroxyl groups excluding tert-OH is 1. The highest BCUT2D eigenvalue weighted by atomic mass is 32.2. The number of anilines is 1. The minimum Gasteiger partial charge on any atom is -0.497 e. The molecule has 12 heteroatoms. The Hall–Kier alpha value is -4.13. The van der Waals surface area contributed by atoms with Crippen LogP contribution in [-0.2, 0) is 10.0 Å². The molecule has 1 aliphatic heterocycles. The maximum atomic E-state index is 13.9. The number of methoxy groups -OCH3 is 1. The molecule has 0 unspecified atom stereocenters. The van der Waals surface area contributed by atoms with Crippen LogP contribution in [0.1, 0.15) is 24.2 Å². The van der Waals surface area contributed by atoms with Gasteiger partial charge in [0.2, 0.25) is 10.0 Å². The third-order valence-electron chi connectivity index (χ3n) is 7.66. The lowest BCUT2D eigenvalue weighted by Crippen LogP contribution is -2.50. The fraction of sp³-hybridized carbons (Fsp3) is 0.375. The van der Waals surface area contributed by atoms with Gasteiger partial charge in [-0.2, -0.15) is 4.31 Å². The molecule has 44 heavy (non-hydrogen) atoms. The van der Waals surface area contributed by atoms with Crippen molar-refractivity contribution in [3.8, 4) is 22.6 Å². The van der Waals surface area contributed by atoms with Gasteiger partial charge < -0.3 is 29.7 Å². The van der Waals surface area contributed by atoms with Crippen molar-refractivity contribution in [3.05, 3.63) is 72.3 Å². The van der Waals surface area contributed by atoms with Gasteiger partial charge in [0.25, 0.3) is 5.91 Å². The number of hydrogen-bond acceptors (Lipinski definition) is 7. The highest BCUT2D eigenvalue weighted by Gasteiger charge is 2.38. The first kappa shape index (κ1) is 32.8. The summed E-state index contributed by atoms with van der Waals surface area (Å²) in [5.74, 6) is 0.282. The van der Waals surface area contributed by atoms with Crippen molar-refractivity contribution in [1.82, 2.24) is 14.1 Å². The maximum absolute atomic E-state index is 13.9. The van der Waals surface area contributed by atoms with Crippen LogP contribution in [0.25, 0.3) is 11.1 Å². The molecule has 0 aliphatic carbocycles. The zero-order valence-electron chi connectivity index (χ0n) is 25.9. The zero-order chi connectivity index (χ0) is 32.2. The number of nitrogens with zero attached hydrogens (tertiary/aromatic N) is 3. The molecular weight excluding hydrogens is 584 g/mol. The number of ether oxygens (including phenoxy) is 2. The number of carbonyl (C=O) groups excluding carboxylic acids is 2. The van der Waals surface area contributed by atoms with E-state index in [9.17, 15) is 23.1 Å². The van der Waals surface area contributed by atoms with E-state index in [1.165, 1.54) is 20.2 Å². The average molecular weight is 625 g/mol. The first-order valence-electron chi connectivity index (χ1n) is 14.3. The second-order valence-electron chi connectivity index (χ2n) is 11.2. The normalized spacial score (nSPS) is 18.5. The number of likely N-dealkylation sites (N-methyl/N-ethyl adjacent to an activating group) is 1. The summed E-state index contributed by atoms with van der Waals surface area (Å²) in [6.45, 7) is 3.39. The summed E-state index contributed by atoms with van der Waals surface area (Å²) in [5, 5.41) is 12.8. The van der Waals surface area contributed by atoms with Crippen molar-refractivity contribution in [2.45, 2.75) is 30.9 Å². The molecule has 236 valence electrons. The monoisotopic (exact) mass is 624 g/mol. The third-order valence-corrected chi connectivity index (χ3v) is 9.68. The molecule has 11 nitrogen and oxygen atoms in total. The number of urea groups is 1. The fourth-order valence-corrected chi connectivity index (χ4v) is 6.78. The van der Waals surface area contributed by atoms with Crippen molar-refractivity contribution >= 4 is 27.6 Å². The lowest BCUT2D eigenvalue weighted by molar-refractivity contribution is 0.0827. The van der Waals surface area contributed by atoms with Gasteiger partial charge in [-0.3, -0.25) is 4.79 Å². The van der Waals surface area contributed by atoms with Gasteiger partial charge in [0.15, 0.2) is 0 Å². The number of aliphatic hydroxyl groups is 1. The van der Waals surface area contributed by atoms with Crippen LogP contribution < -0.4 is 14.8 Å². The van der Waals surface area contributed by atoms with E-state index in [0.717, 1.165) is 0 Å². The van der Waals surface area contributed by atoms with Gasteiger partial charge in [0.1, 0.15) is 22.5 Å². The van der Waals surface area contributed by atoms with Crippen LogP contribution in [0.5, 0.6) is 11.5 Å². The first-order chi connectivity index (χ1) is 20.8. The summed E-state index contributed by atoms with van der Waals surface area (Å²) in [5.41, 5.74) is 2.46. The molecule has 1 heterocycles. The maximum Gasteiger partial charge on any atom is 0.321 e. The average Bonchev–Trinajstić information content (AvgIpc) is 3.02. The van der Waals surface area contributed by atoms with Crippen LogP contribution >= 0.6 is 0 Å². The van der Waals surface area contributed by atoms with E-state index < -0.39 is 22.2 Å². The standard InChI is InChI=1S/C32H40N4O7S/c1-21-18-36(22(2)20-37)44(40,41)30-15-10-24(23-8-7-9-25(16-23)31(38)34(3)4)17-28(30)43-29(21)19-35(5)32(39)33-26-11-13-27(42-6)14-12-26/h7-17,21-22,29,37H,18-20H2,1-6H3,(H,33,39)/t21-,22+,29+/m0/s1. The molecule has 3 aromatic carbocycles. The van der Waals surface area contributed by atoms with Gasteiger partial charge in [-0.1, -0.05) is 25.1 Å². The van der Waals surface area contributed by atoms with Crippen molar-refractivity contribution in [1.29, 1.82) is 0 Å². The van der Waals surface area contributed by atoms with E-state index in [-0.39, 0.29) is 48.2 Å². The minimum atomic E-state index is -4.05. The molecule has 0 bridgehead atoms. The molecule has 2 N–H and O–H groups in total. The lowest BCUT2D eigenvalue weighted by atomic mass is 10.0. The summed E-state index contributed by atoms with van der Waals surface area (Å²) in [7, 11) is 2.51. The molecule has 3 amide bonds. The number of nitrogens with one attached hydrogen (secondary N) is 1. The molecule has 1 aliphatic rings. The van der Waals surface area contributed by atoms with E-state index in [0.29, 0.717) is 28.1 Å². The van der Waals surface area contributed by atoms with E-state index >= 15 is 0 Å². The van der Waals surface area contributed by atoms with Gasteiger partial charge in [-0.25, -0.2) is 13.2 Å². The van der Waals surface area contributed by atoms with Crippen molar-refractivity contribution in [3.63, 3.8) is 0 Å². The van der Waals surface area contributed by atoms with Crippen molar-refractivity contribution < 1.29 is 32.6 Å². The Morgan fingerprint density at radius 3 is 2.39 bits per heavy atom. The molecule has 0 radical (unpaired) electrons. The van der Waals surface area contributed by atoms with Crippen LogP contribution in [0.3, 0.4) is 0 Å². The van der Waals surface area contributed by atoms with Gasteiger partial charge in [0, 0.05) is 50.9 Å². The molecule has 3 atom stereocenters. The molecule has 0 aromatic heterocycles. The Bertz CT molecular complexity index is 1590. The quantitative estimate of drug-likeness (QED) is 0.388. The van der Waals surface area contributed by atoms with E-state index in [1.807, 2.05) is 13.0 Å². The van der Waals surface area contributed by atoms with E-state index in [4.69, 9.17) is 9.47 Å². The molecule has 0 saturated heterocycles. The summed E-state index contributed by atoms with van der Waals surface area (Å²) in [6.07, 6.45) is -0.596. The number of benzene rings is 3. The van der Waals surface area contributed by atoms with Crippen molar-refractivity contribution in [2.75, 3.05) is 53.3 Å². The van der Waals surface area contributed by atoms with Gasteiger partial charge >= 0.3 is 6.03 Å². The molecule has 0 fully saturated rings. The molecular formula is C32H40N4O7S. The summed E-state index contributed by atoms with van der Waals surface area (Å²) in [6, 6.07) is 17.8. The number of rotatable bonds is 8. The molecule has 0 saturated carbocycles. The van der Waals surface area contributed by atoms with E-state index in [1.54, 1.807) is 89.8 Å². The number of hydrogen-bond donors (Lipinski definition) is 2. The highest BCUT2D eigenvalue weighted by molar-refractivity contribution is 7.89. The highest BCUT2D eigenvalue weighted by Crippen LogP contribution is 2.37. The third kappa shape index (κ3) is 7.15. The Morgan fingerprint density at radius 1 is 1.07 bits per heavy atom. The smallest absolute Gasteiger partial charge is 0.321 e. The number of sulfonamides is 1. The topological polar surface area (TPSA) is 129 Å². The van der Waals surface area contributed by atoms with Gasteiger partial charge in [0.05, 0.1) is 20.3 Å². The number of amides is 3. The van der Waals surface area contributed by atoms with Crippen LogP contribution in [-0.4, -0.2) is 99.7 Å². The SMILES string of the molecule is COc1ccc(NC(=O)N(C)C[C@H]2Oc3cc(-c4cccc(C(=O)N(C)C)c4)ccc3S(=O)(=O)N([C@H](C)CO)C[C@@H]2C)cc1. The Balaban J connectivity index is 1.69. The molecule has 0 spiro atoms. The predicted molar refractivity (Wildman–Crippen MR) is 169 cm³/mol. The van der Waals surface area contributed by atoms with Gasteiger partial charge in [-0.15, -0.1) is 0 Å². The van der Waals surface area contributed by atoms with Gasteiger partial charge in [-0.05, 0) is 66.6 Å². The van der Waals surface area contributed by atoms with Crippen LogP contribution in [0.15, 0.2) is 71.6 Å². The predicted octanol–water partition coefficient (Wildman–Crippen LogP) is 4.00. The number of fused-ring (bicyclic) bond motifs is 1.